The molecule has 2 saturated heterocycles. The maximum atomic E-state index is 15.1. The second kappa shape index (κ2) is 7.66. The predicted octanol–water partition coefficient (Wildman–Crippen LogP) is 2.12. The van der Waals surface area contributed by atoms with Gasteiger partial charge >= 0.3 is 11.8 Å². The molecular weight excluding hydrogens is 441 g/mol. The number of carbonyl (C=O) groups excluding carboxylic acids is 1. The largest absolute Gasteiger partial charge is 0.519 e. The van der Waals surface area contributed by atoms with Crippen molar-refractivity contribution in [3.05, 3.63) is 45.7 Å². The Labute approximate surface area is 186 Å². The number of hydrogen-bond donors (Lipinski definition) is 1. The summed E-state index contributed by atoms with van der Waals surface area (Å²) in [5.41, 5.74) is 1.13. The van der Waals surface area contributed by atoms with Gasteiger partial charge in [-0.25, -0.2) is 9.18 Å². The number of carboxylic acid groups (broad SMARTS) is 1. The smallest absolute Gasteiger partial charge is 0.481 e. The van der Waals surface area contributed by atoms with Gasteiger partial charge in [-0.3, -0.25) is 14.5 Å². The lowest BCUT2D eigenvalue weighted by molar-refractivity contribution is -0.140. The van der Waals surface area contributed by atoms with Crippen LogP contribution in [-0.2, 0) is 11.3 Å². The van der Waals surface area contributed by atoms with Crippen molar-refractivity contribution in [3.63, 3.8) is 0 Å². The minimum Gasteiger partial charge on any atom is -0.481 e. The van der Waals surface area contributed by atoms with Crippen LogP contribution in [0, 0.1) is 18.7 Å². The minimum atomic E-state index is -1.19. The lowest BCUT2D eigenvalue weighted by atomic mass is 9.89. The topological polar surface area (TPSA) is 107 Å². The molecule has 1 aromatic heterocycles. The summed E-state index contributed by atoms with van der Waals surface area (Å²) in [6, 6.07) is 2.86. The molecule has 0 saturated carbocycles. The second-order valence-electron chi connectivity index (χ2n) is 8.23. The van der Waals surface area contributed by atoms with Gasteiger partial charge in [0.25, 0.3) is 0 Å². The molecule has 1 aromatic carbocycles. The summed E-state index contributed by atoms with van der Waals surface area (Å²) in [7, 11) is 0. The van der Waals surface area contributed by atoms with E-state index >= 15 is 4.39 Å². The number of nitrogens with zero attached hydrogens (tertiary/aromatic N) is 3. The zero-order chi connectivity index (χ0) is 22.7. The first-order chi connectivity index (χ1) is 15.2. The van der Waals surface area contributed by atoms with E-state index in [2.05, 4.69) is 4.90 Å². The Morgan fingerprint density at radius 1 is 1.19 bits per heavy atom. The van der Waals surface area contributed by atoms with Crippen LogP contribution in [0.25, 0.3) is 0 Å². The molecule has 0 amide bonds. The standard InChI is InChI=1S/C21H22FN3O6S/c1-10-16(31-21(29)30-10)9-23-3-5-24(6-4-23)15-8-14-12(7-13(15)22)18(26)17(20(27)28)19-25(14)11(2)32-19/h7-8,11,17,19H,3-6,9H2,1-2H3,(H,27,28)/t11-,17+,19-/m0/s1. The number of thioether (sulfide) groups is 1. The Balaban J connectivity index is 1.37. The van der Waals surface area contributed by atoms with Gasteiger partial charge in [-0.15, -0.1) is 11.8 Å². The highest BCUT2D eigenvalue weighted by Gasteiger charge is 2.53. The van der Waals surface area contributed by atoms with Gasteiger partial charge in [0.1, 0.15) is 17.5 Å². The molecule has 1 N–H and O–H groups in total. The first kappa shape index (κ1) is 21.1. The van der Waals surface area contributed by atoms with E-state index in [1.54, 1.807) is 13.0 Å². The summed E-state index contributed by atoms with van der Waals surface area (Å²) in [5.74, 6) is -3.22. The zero-order valence-corrected chi connectivity index (χ0v) is 18.4. The van der Waals surface area contributed by atoms with Crippen molar-refractivity contribution in [2.24, 2.45) is 5.92 Å². The summed E-state index contributed by atoms with van der Waals surface area (Å²) in [4.78, 5) is 41.6. The van der Waals surface area contributed by atoms with E-state index in [0.717, 1.165) is 0 Å². The highest BCUT2D eigenvalue weighted by atomic mass is 32.2. The van der Waals surface area contributed by atoms with Crippen LogP contribution in [0.5, 0.6) is 0 Å². The van der Waals surface area contributed by atoms with Gasteiger partial charge in [0.15, 0.2) is 11.5 Å². The number of aryl methyl sites for hydroxylation is 1. The fourth-order valence-electron chi connectivity index (χ4n) is 4.65. The molecule has 5 rings (SSSR count). The van der Waals surface area contributed by atoms with Crippen LogP contribution in [0.15, 0.2) is 25.8 Å². The van der Waals surface area contributed by atoms with Crippen LogP contribution in [0.1, 0.15) is 28.8 Å². The van der Waals surface area contributed by atoms with Crippen molar-refractivity contribution in [2.75, 3.05) is 36.0 Å². The summed E-state index contributed by atoms with van der Waals surface area (Å²) in [6.07, 6.45) is 0. The third-order valence-electron chi connectivity index (χ3n) is 6.36. The number of carboxylic acids is 1. The van der Waals surface area contributed by atoms with Gasteiger partial charge in [0.2, 0.25) is 0 Å². The molecule has 2 aromatic rings. The van der Waals surface area contributed by atoms with Crippen LogP contribution in [0.3, 0.4) is 0 Å². The molecule has 0 radical (unpaired) electrons. The van der Waals surface area contributed by atoms with Crippen molar-refractivity contribution in [1.82, 2.24) is 4.90 Å². The Kier molecular flexibility index (Phi) is 5.05. The SMILES string of the molecule is Cc1oc(=O)oc1CN1CCN(c2cc3c(cc2F)C(=O)[C@@H](C(=O)O)[C@@H]2S[C@@H](C)N32)CC1. The Bertz CT molecular complexity index is 1150. The number of Topliss-reactive ketones (excluding diaryl/α,β-unsaturated/α-hetero) is 1. The Morgan fingerprint density at radius 3 is 2.50 bits per heavy atom. The number of halogens is 1. The number of rotatable bonds is 4. The average Bonchev–Trinajstić information content (AvgIpc) is 3.05. The van der Waals surface area contributed by atoms with E-state index in [4.69, 9.17) is 8.83 Å². The molecular formula is C21H22FN3O6S. The molecule has 3 aliphatic heterocycles. The molecule has 11 heteroatoms. The summed E-state index contributed by atoms with van der Waals surface area (Å²) in [5, 5.41) is 9.07. The first-order valence-electron chi connectivity index (χ1n) is 10.4. The molecule has 170 valence electrons. The summed E-state index contributed by atoms with van der Waals surface area (Å²) < 4.78 is 25.0. The zero-order valence-electron chi connectivity index (χ0n) is 17.5. The third-order valence-corrected chi connectivity index (χ3v) is 7.76. The molecule has 4 heterocycles. The van der Waals surface area contributed by atoms with Crippen molar-refractivity contribution in [1.29, 1.82) is 0 Å². The number of aliphatic carboxylic acids is 1. The van der Waals surface area contributed by atoms with Crippen LogP contribution in [-0.4, -0.2) is 58.7 Å². The number of ketones is 1. The fraction of sp³-hybridized carbons (Fsp3) is 0.476. The maximum Gasteiger partial charge on any atom is 0.519 e. The van der Waals surface area contributed by atoms with Crippen LogP contribution in [0.2, 0.25) is 0 Å². The van der Waals surface area contributed by atoms with E-state index < -0.39 is 34.7 Å². The molecule has 0 aliphatic carbocycles. The first-order valence-corrected chi connectivity index (χ1v) is 11.3. The van der Waals surface area contributed by atoms with Crippen LogP contribution >= 0.6 is 11.8 Å². The molecule has 9 nitrogen and oxygen atoms in total. The number of benzene rings is 1. The van der Waals surface area contributed by atoms with E-state index in [0.29, 0.717) is 55.6 Å². The van der Waals surface area contributed by atoms with Gasteiger partial charge in [-0.05, 0) is 26.0 Å². The van der Waals surface area contributed by atoms with E-state index in [9.17, 15) is 19.5 Å². The molecule has 0 spiro atoms. The fourth-order valence-corrected chi connectivity index (χ4v) is 6.06. The van der Waals surface area contributed by atoms with Crippen molar-refractivity contribution in [2.45, 2.75) is 31.1 Å². The monoisotopic (exact) mass is 463 g/mol. The van der Waals surface area contributed by atoms with Crippen molar-refractivity contribution >= 4 is 34.9 Å². The number of carbonyl (C=O) groups is 2. The Morgan fingerprint density at radius 2 is 1.91 bits per heavy atom. The van der Waals surface area contributed by atoms with Gasteiger partial charge in [-0.1, -0.05) is 0 Å². The molecule has 0 unspecified atom stereocenters. The highest BCUT2D eigenvalue weighted by Crippen LogP contribution is 2.51. The van der Waals surface area contributed by atoms with Gasteiger partial charge in [0, 0.05) is 31.7 Å². The lowest BCUT2D eigenvalue weighted by Gasteiger charge is -2.53. The number of hydrogen-bond acceptors (Lipinski definition) is 9. The van der Waals surface area contributed by atoms with Gasteiger partial charge in [0.05, 0.1) is 28.7 Å². The maximum absolute atomic E-state index is 15.1. The molecule has 2 fully saturated rings. The molecule has 3 atom stereocenters. The van der Waals surface area contributed by atoms with Gasteiger partial charge in [-0.2, -0.15) is 0 Å². The second-order valence-corrected chi connectivity index (χ2v) is 9.67. The van der Waals surface area contributed by atoms with E-state index in [1.807, 2.05) is 16.7 Å². The number of anilines is 2. The quantitative estimate of drug-likeness (QED) is 0.678. The number of piperazine rings is 1. The van der Waals surface area contributed by atoms with Crippen molar-refractivity contribution < 1.29 is 27.9 Å². The minimum absolute atomic E-state index is 0.0108. The number of fused-ring (bicyclic) bond motifs is 3. The third kappa shape index (κ3) is 3.30. The van der Waals surface area contributed by atoms with Crippen LogP contribution < -0.4 is 15.6 Å². The predicted molar refractivity (Wildman–Crippen MR) is 115 cm³/mol. The summed E-state index contributed by atoms with van der Waals surface area (Å²) in [6.45, 7) is 6.42. The molecule has 32 heavy (non-hydrogen) atoms. The highest BCUT2D eigenvalue weighted by molar-refractivity contribution is 8.02. The normalized spacial score (nSPS) is 25.3. The van der Waals surface area contributed by atoms with E-state index in [1.165, 1.54) is 17.8 Å². The average molecular weight is 463 g/mol. The van der Waals surface area contributed by atoms with Gasteiger partial charge < -0.3 is 23.7 Å². The van der Waals surface area contributed by atoms with Crippen molar-refractivity contribution in [3.8, 4) is 0 Å². The molecule has 3 aliphatic rings. The Hall–Kier alpha value is -2.79. The van der Waals surface area contributed by atoms with E-state index in [-0.39, 0.29) is 10.9 Å². The van der Waals surface area contributed by atoms with Crippen LogP contribution in [0.4, 0.5) is 15.8 Å². The lowest BCUT2D eigenvalue weighted by Crippen LogP contribution is -2.60. The summed E-state index contributed by atoms with van der Waals surface area (Å²) >= 11 is 1.44. The molecule has 0 bridgehead atoms.